The normalized spacial score (nSPS) is 25.5. The molecule has 1 aliphatic heterocycles. The van der Waals surface area contributed by atoms with E-state index < -0.39 is 6.10 Å². The first kappa shape index (κ1) is 17.3. The number of guanidine groups is 1. The third kappa shape index (κ3) is 4.10. The van der Waals surface area contributed by atoms with Gasteiger partial charge in [-0.2, -0.15) is 0 Å². The molecule has 3 atom stereocenters. The van der Waals surface area contributed by atoms with E-state index in [2.05, 4.69) is 24.1 Å². The van der Waals surface area contributed by atoms with Crippen molar-refractivity contribution in [1.29, 1.82) is 0 Å². The molecule has 2 aliphatic rings. The van der Waals surface area contributed by atoms with Gasteiger partial charge in [0.15, 0.2) is 5.96 Å². The monoisotopic (exact) mass is 329 g/mol. The van der Waals surface area contributed by atoms with Crippen LogP contribution in [0, 0.1) is 18.8 Å². The first-order chi connectivity index (χ1) is 11.7. The Balaban J connectivity index is 1.64. The van der Waals surface area contributed by atoms with Crippen LogP contribution in [0.1, 0.15) is 49.8 Å². The van der Waals surface area contributed by atoms with Crippen LogP contribution >= 0.6 is 0 Å². The van der Waals surface area contributed by atoms with E-state index in [9.17, 15) is 5.11 Å². The van der Waals surface area contributed by atoms with Crippen molar-refractivity contribution in [1.82, 2.24) is 10.2 Å². The van der Waals surface area contributed by atoms with Crippen LogP contribution in [0.25, 0.3) is 0 Å². The number of fused-ring (bicyclic) bond motifs is 1. The summed E-state index contributed by atoms with van der Waals surface area (Å²) in [5, 5.41) is 13.8. The first-order valence-electron chi connectivity index (χ1n) is 9.45. The average Bonchev–Trinajstić information content (AvgIpc) is 3.03. The fourth-order valence-electron chi connectivity index (χ4n) is 4.07. The number of aliphatic hydroxyl groups excluding tert-OH is 1. The van der Waals surface area contributed by atoms with Gasteiger partial charge in [0, 0.05) is 19.6 Å². The summed E-state index contributed by atoms with van der Waals surface area (Å²) in [6.45, 7) is 7.69. The van der Waals surface area contributed by atoms with Crippen LogP contribution in [0.2, 0.25) is 0 Å². The minimum absolute atomic E-state index is 0.414. The van der Waals surface area contributed by atoms with Crippen molar-refractivity contribution in [3.05, 3.63) is 35.4 Å². The molecular weight excluding hydrogens is 298 g/mol. The minimum Gasteiger partial charge on any atom is -0.386 e. The van der Waals surface area contributed by atoms with E-state index in [1.54, 1.807) is 0 Å². The molecule has 1 saturated heterocycles. The van der Waals surface area contributed by atoms with Gasteiger partial charge in [-0.05, 0) is 44.1 Å². The zero-order chi connectivity index (χ0) is 16.9. The molecule has 1 heterocycles. The minimum atomic E-state index is -0.538. The van der Waals surface area contributed by atoms with E-state index in [4.69, 9.17) is 4.99 Å². The third-order valence-electron chi connectivity index (χ3n) is 5.49. The van der Waals surface area contributed by atoms with Crippen molar-refractivity contribution >= 4 is 5.96 Å². The molecule has 1 aromatic rings. The average molecular weight is 329 g/mol. The lowest BCUT2D eigenvalue weighted by molar-refractivity contribution is 0.186. The molecule has 4 heteroatoms. The molecule has 0 spiro atoms. The second kappa shape index (κ2) is 8.02. The van der Waals surface area contributed by atoms with E-state index in [0.717, 1.165) is 43.0 Å². The molecule has 4 nitrogen and oxygen atoms in total. The number of nitrogens with zero attached hydrogens (tertiary/aromatic N) is 2. The second-order valence-corrected chi connectivity index (χ2v) is 7.33. The Morgan fingerprint density at radius 2 is 1.83 bits per heavy atom. The number of hydrogen-bond acceptors (Lipinski definition) is 2. The van der Waals surface area contributed by atoms with E-state index >= 15 is 0 Å². The van der Waals surface area contributed by atoms with Crippen molar-refractivity contribution in [2.45, 2.75) is 45.6 Å². The molecule has 0 amide bonds. The van der Waals surface area contributed by atoms with Crippen molar-refractivity contribution in [3.8, 4) is 0 Å². The second-order valence-electron chi connectivity index (χ2n) is 7.33. The maximum atomic E-state index is 10.4. The van der Waals surface area contributed by atoms with Gasteiger partial charge in [-0.15, -0.1) is 0 Å². The van der Waals surface area contributed by atoms with Gasteiger partial charge in [-0.25, -0.2) is 0 Å². The van der Waals surface area contributed by atoms with E-state index in [1.165, 1.54) is 31.2 Å². The SMILES string of the molecule is CCNC(=NCC(O)c1ccc(C)cc1)N1CC2CCCCC2C1. The largest absolute Gasteiger partial charge is 0.386 e. The molecule has 132 valence electrons. The number of aliphatic hydroxyl groups is 1. The fraction of sp³-hybridized carbons (Fsp3) is 0.650. The van der Waals surface area contributed by atoms with Gasteiger partial charge < -0.3 is 15.3 Å². The number of aryl methyl sites for hydroxylation is 1. The molecule has 0 bridgehead atoms. The summed E-state index contributed by atoms with van der Waals surface area (Å²) in [5.74, 6) is 2.65. The molecule has 2 N–H and O–H groups in total. The summed E-state index contributed by atoms with van der Waals surface area (Å²) < 4.78 is 0. The van der Waals surface area contributed by atoms with Crippen molar-refractivity contribution in [3.63, 3.8) is 0 Å². The predicted octanol–water partition coefficient (Wildman–Crippen LogP) is 3.12. The van der Waals surface area contributed by atoms with Crippen LogP contribution in [0.15, 0.2) is 29.3 Å². The number of aliphatic imine (C=N–C) groups is 1. The van der Waals surface area contributed by atoms with Crippen LogP contribution in [-0.2, 0) is 0 Å². The quantitative estimate of drug-likeness (QED) is 0.659. The summed E-state index contributed by atoms with van der Waals surface area (Å²) in [6.07, 6.45) is 4.96. The van der Waals surface area contributed by atoms with Crippen molar-refractivity contribution in [2.75, 3.05) is 26.2 Å². The van der Waals surface area contributed by atoms with E-state index in [-0.39, 0.29) is 0 Å². The van der Waals surface area contributed by atoms with Gasteiger partial charge in [-0.3, -0.25) is 4.99 Å². The Bertz CT molecular complexity index is 541. The Hall–Kier alpha value is -1.55. The van der Waals surface area contributed by atoms with Gasteiger partial charge in [0.05, 0.1) is 12.6 Å². The lowest BCUT2D eigenvalue weighted by Gasteiger charge is -2.22. The molecule has 0 radical (unpaired) electrons. The summed E-state index contributed by atoms with van der Waals surface area (Å²) in [6, 6.07) is 8.07. The molecule has 1 aliphatic carbocycles. The maximum absolute atomic E-state index is 10.4. The summed E-state index contributed by atoms with van der Waals surface area (Å²) in [7, 11) is 0. The van der Waals surface area contributed by atoms with E-state index in [1.807, 2.05) is 24.3 Å². The van der Waals surface area contributed by atoms with Crippen molar-refractivity contribution in [2.24, 2.45) is 16.8 Å². The van der Waals surface area contributed by atoms with Crippen LogP contribution in [0.5, 0.6) is 0 Å². The highest BCUT2D eigenvalue weighted by molar-refractivity contribution is 5.80. The maximum Gasteiger partial charge on any atom is 0.194 e. The lowest BCUT2D eigenvalue weighted by Crippen LogP contribution is -2.40. The van der Waals surface area contributed by atoms with Crippen LogP contribution < -0.4 is 5.32 Å². The Labute approximate surface area is 146 Å². The predicted molar refractivity (Wildman–Crippen MR) is 99.1 cm³/mol. The topological polar surface area (TPSA) is 47.9 Å². The highest BCUT2D eigenvalue weighted by Gasteiger charge is 2.35. The Morgan fingerprint density at radius 3 is 2.42 bits per heavy atom. The molecule has 24 heavy (non-hydrogen) atoms. The number of nitrogens with one attached hydrogen (secondary N) is 1. The number of rotatable bonds is 4. The van der Waals surface area contributed by atoms with Crippen LogP contribution in [-0.4, -0.2) is 42.1 Å². The molecular formula is C20H31N3O. The van der Waals surface area contributed by atoms with Gasteiger partial charge in [0.1, 0.15) is 0 Å². The van der Waals surface area contributed by atoms with Crippen molar-refractivity contribution < 1.29 is 5.11 Å². The number of likely N-dealkylation sites (tertiary alicyclic amines) is 1. The van der Waals surface area contributed by atoms with Gasteiger partial charge >= 0.3 is 0 Å². The van der Waals surface area contributed by atoms with Gasteiger partial charge in [-0.1, -0.05) is 42.7 Å². The molecule has 2 fully saturated rings. The Kier molecular flexibility index (Phi) is 5.77. The zero-order valence-electron chi connectivity index (χ0n) is 15.0. The van der Waals surface area contributed by atoms with Gasteiger partial charge in [0.2, 0.25) is 0 Å². The van der Waals surface area contributed by atoms with Crippen LogP contribution in [0.4, 0.5) is 0 Å². The number of hydrogen-bond donors (Lipinski definition) is 2. The standard InChI is InChI=1S/C20H31N3O/c1-3-21-20(23-13-17-6-4-5-7-18(17)14-23)22-12-19(24)16-10-8-15(2)9-11-16/h8-11,17-19,24H,3-7,12-14H2,1-2H3,(H,21,22). The molecule has 1 aromatic carbocycles. The summed E-state index contributed by atoms with van der Waals surface area (Å²) >= 11 is 0. The van der Waals surface area contributed by atoms with E-state index in [0.29, 0.717) is 6.54 Å². The smallest absolute Gasteiger partial charge is 0.194 e. The van der Waals surface area contributed by atoms with Crippen LogP contribution in [0.3, 0.4) is 0 Å². The van der Waals surface area contributed by atoms with Gasteiger partial charge in [0.25, 0.3) is 0 Å². The lowest BCUT2D eigenvalue weighted by atomic mass is 9.82. The molecule has 0 aromatic heterocycles. The first-order valence-corrected chi connectivity index (χ1v) is 9.45. The summed E-state index contributed by atoms with van der Waals surface area (Å²) in [4.78, 5) is 7.14. The third-order valence-corrected chi connectivity index (χ3v) is 5.49. The highest BCUT2D eigenvalue weighted by Crippen LogP contribution is 2.36. The fourth-order valence-corrected chi connectivity index (χ4v) is 4.07. The molecule has 3 rings (SSSR count). The summed E-state index contributed by atoms with van der Waals surface area (Å²) in [5.41, 5.74) is 2.15. The zero-order valence-corrected chi connectivity index (χ0v) is 15.0. The molecule has 1 saturated carbocycles. The molecule has 3 unspecified atom stereocenters. The number of benzene rings is 1. The Morgan fingerprint density at radius 1 is 1.21 bits per heavy atom. The highest BCUT2D eigenvalue weighted by atomic mass is 16.3.